The Kier molecular flexibility index (Phi) is 2.81. The zero-order chi connectivity index (χ0) is 11.5. The third-order valence-electron chi connectivity index (χ3n) is 2.34. The SMILES string of the molecule is CCn1ccc(=O)nc1-c1ccccc1F. The van der Waals surface area contributed by atoms with E-state index in [-0.39, 0.29) is 11.4 Å². The van der Waals surface area contributed by atoms with Gasteiger partial charge in [-0.1, -0.05) is 12.1 Å². The third-order valence-corrected chi connectivity index (χ3v) is 2.34. The second-order valence-electron chi connectivity index (χ2n) is 3.36. The van der Waals surface area contributed by atoms with Gasteiger partial charge in [0.15, 0.2) is 0 Å². The van der Waals surface area contributed by atoms with Crippen molar-refractivity contribution >= 4 is 0 Å². The van der Waals surface area contributed by atoms with Gasteiger partial charge < -0.3 is 4.57 Å². The van der Waals surface area contributed by atoms with Crippen LogP contribution >= 0.6 is 0 Å². The zero-order valence-electron chi connectivity index (χ0n) is 8.85. The Morgan fingerprint density at radius 2 is 2.06 bits per heavy atom. The number of nitrogens with zero attached hydrogens (tertiary/aromatic N) is 2. The summed E-state index contributed by atoms with van der Waals surface area (Å²) in [6, 6.07) is 7.67. The molecule has 1 aromatic carbocycles. The maximum absolute atomic E-state index is 13.6. The summed E-state index contributed by atoms with van der Waals surface area (Å²) in [4.78, 5) is 15.0. The van der Waals surface area contributed by atoms with E-state index in [1.165, 1.54) is 12.1 Å². The number of rotatable bonds is 2. The topological polar surface area (TPSA) is 34.9 Å². The third kappa shape index (κ3) is 1.86. The molecule has 2 rings (SSSR count). The van der Waals surface area contributed by atoms with Gasteiger partial charge in [-0.05, 0) is 19.1 Å². The van der Waals surface area contributed by atoms with Gasteiger partial charge in [-0.25, -0.2) is 4.39 Å². The van der Waals surface area contributed by atoms with Gasteiger partial charge in [0.1, 0.15) is 11.6 Å². The molecular weight excluding hydrogens is 207 g/mol. The molecule has 0 N–H and O–H groups in total. The highest BCUT2D eigenvalue weighted by atomic mass is 19.1. The Bertz CT molecular complexity index is 563. The van der Waals surface area contributed by atoms with Crippen LogP contribution < -0.4 is 5.56 Å². The van der Waals surface area contributed by atoms with Crippen molar-refractivity contribution in [3.8, 4) is 11.4 Å². The summed E-state index contributed by atoms with van der Waals surface area (Å²) in [5.41, 5.74) is -0.00926. The van der Waals surface area contributed by atoms with Crippen LogP contribution in [0.25, 0.3) is 11.4 Å². The van der Waals surface area contributed by atoms with E-state index in [4.69, 9.17) is 0 Å². The van der Waals surface area contributed by atoms with Gasteiger partial charge in [0.25, 0.3) is 5.56 Å². The van der Waals surface area contributed by atoms with E-state index in [2.05, 4.69) is 4.98 Å². The molecule has 0 fully saturated rings. The molecule has 0 amide bonds. The fourth-order valence-corrected chi connectivity index (χ4v) is 1.54. The summed E-state index contributed by atoms with van der Waals surface area (Å²) in [6.45, 7) is 2.55. The smallest absolute Gasteiger partial charge is 0.273 e. The molecule has 0 saturated carbocycles. The van der Waals surface area contributed by atoms with Crippen LogP contribution in [-0.4, -0.2) is 9.55 Å². The van der Waals surface area contributed by atoms with Crippen molar-refractivity contribution in [3.05, 3.63) is 52.7 Å². The average Bonchev–Trinajstić information content (AvgIpc) is 2.29. The number of aryl methyl sites for hydroxylation is 1. The fraction of sp³-hybridized carbons (Fsp3) is 0.167. The van der Waals surface area contributed by atoms with E-state index in [0.29, 0.717) is 17.9 Å². The number of hydrogen-bond donors (Lipinski definition) is 0. The summed E-state index contributed by atoms with van der Waals surface area (Å²) in [7, 11) is 0. The quantitative estimate of drug-likeness (QED) is 0.773. The highest BCUT2D eigenvalue weighted by molar-refractivity contribution is 5.55. The largest absolute Gasteiger partial charge is 0.332 e. The van der Waals surface area contributed by atoms with E-state index >= 15 is 0 Å². The minimum Gasteiger partial charge on any atom is -0.332 e. The van der Waals surface area contributed by atoms with Gasteiger partial charge in [0.05, 0.1) is 5.56 Å². The molecule has 1 heterocycles. The van der Waals surface area contributed by atoms with Gasteiger partial charge in [-0.3, -0.25) is 4.79 Å². The van der Waals surface area contributed by atoms with Crippen LogP contribution in [0.15, 0.2) is 41.3 Å². The molecule has 0 unspecified atom stereocenters. The van der Waals surface area contributed by atoms with Gasteiger partial charge in [0, 0.05) is 18.8 Å². The van der Waals surface area contributed by atoms with Crippen LogP contribution in [0.2, 0.25) is 0 Å². The summed E-state index contributed by atoms with van der Waals surface area (Å²) in [6.07, 6.45) is 1.62. The molecule has 0 radical (unpaired) electrons. The van der Waals surface area contributed by atoms with Gasteiger partial charge in [0.2, 0.25) is 0 Å². The summed E-state index contributed by atoms with van der Waals surface area (Å²) in [5, 5.41) is 0. The fourth-order valence-electron chi connectivity index (χ4n) is 1.54. The van der Waals surface area contributed by atoms with Crippen molar-refractivity contribution in [2.24, 2.45) is 0 Å². The van der Waals surface area contributed by atoms with Crippen LogP contribution in [-0.2, 0) is 6.54 Å². The molecule has 0 bridgehead atoms. The van der Waals surface area contributed by atoms with Gasteiger partial charge >= 0.3 is 0 Å². The van der Waals surface area contributed by atoms with Crippen molar-refractivity contribution in [1.29, 1.82) is 0 Å². The van der Waals surface area contributed by atoms with Crippen molar-refractivity contribution in [2.75, 3.05) is 0 Å². The van der Waals surface area contributed by atoms with Crippen molar-refractivity contribution in [3.63, 3.8) is 0 Å². The van der Waals surface area contributed by atoms with Crippen molar-refractivity contribution in [1.82, 2.24) is 9.55 Å². The lowest BCUT2D eigenvalue weighted by Gasteiger charge is -2.09. The molecule has 0 atom stereocenters. The molecule has 16 heavy (non-hydrogen) atoms. The van der Waals surface area contributed by atoms with E-state index < -0.39 is 0 Å². The Balaban J connectivity index is 2.68. The lowest BCUT2D eigenvalue weighted by Crippen LogP contribution is -2.13. The Morgan fingerprint density at radius 1 is 1.31 bits per heavy atom. The maximum Gasteiger partial charge on any atom is 0.273 e. The first-order valence-corrected chi connectivity index (χ1v) is 5.04. The summed E-state index contributed by atoms with van der Waals surface area (Å²) < 4.78 is 15.3. The second-order valence-corrected chi connectivity index (χ2v) is 3.36. The molecule has 4 heteroatoms. The van der Waals surface area contributed by atoms with E-state index in [9.17, 15) is 9.18 Å². The standard InChI is InChI=1S/C12H11FN2O/c1-2-15-8-7-11(16)14-12(15)9-5-3-4-6-10(9)13/h3-8H,2H2,1H3. The lowest BCUT2D eigenvalue weighted by atomic mass is 10.2. The number of halogens is 1. The minimum absolute atomic E-state index is 0.349. The molecule has 0 aliphatic heterocycles. The predicted octanol–water partition coefficient (Wildman–Crippen LogP) is 2.07. The minimum atomic E-state index is -0.372. The molecule has 3 nitrogen and oxygen atoms in total. The van der Waals surface area contributed by atoms with Crippen LogP contribution in [0.4, 0.5) is 4.39 Å². The maximum atomic E-state index is 13.6. The molecular formula is C12H11FN2O. The van der Waals surface area contributed by atoms with Crippen LogP contribution in [0.1, 0.15) is 6.92 Å². The van der Waals surface area contributed by atoms with Crippen molar-refractivity contribution < 1.29 is 4.39 Å². The Hall–Kier alpha value is -1.97. The second kappa shape index (κ2) is 4.26. The molecule has 0 aliphatic rings. The number of hydrogen-bond acceptors (Lipinski definition) is 2. The van der Waals surface area contributed by atoms with E-state index in [1.54, 1.807) is 29.0 Å². The first-order chi connectivity index (χ1) is 7.72. The monoisotopic (exact) mass is 218 g/mol. The number of aromatic nitrogens is 2. The van der Waals surface area contributed by atoms with Crippen molar-refractivity contribution in [2.45, 2.75) is 13.5 Å². The number of benzene rings is 1. The first kappa shape index (κ1) is 10.5. The summed E-state index contributed by atoms with van der Waals surface area (Å²) >= 11 is 0. The molecule has 0 saturated heterocycles. The first-order valence-electron chi connectivity index (χ1n) is 5.04. The average molecular weight is 218 g/mol. The molecule has 0 spiro atoms. The van der Waals surface area contributed by atoms with Gasteiger partial charge in [-0.15, -0.1) is 0 Å². The van der Waals surface area contributed by atoms with Crippen LogP contribution in [0, 0.1) is 5.82 Å². The molecule has 82 valence electrons. The van der Waals surface area contributed by atoms with Gasteiger partial charge in [-0.2, -0.15) is 4.98 Å². The molecule has 1 aromatic heterocycles. The zero-order valence-corrected chi connectivity index (χ0v) is 8.85. The Labute approximate surface area is 92.2 Å². The normalized spacial score (nSPS) is 10.4. The molecule has 2 aromatic rings. The lowest BCUT2D eigenvalue weighted by molar-refractivity contribution is 0.625. The highest BCUT2D eigenvalue weighted by Crippen LogP contribution is 2.18. The summed E-state index contributed by atoms with van der Waals surface area (Å²) in [5.74, 6) is -0.00380. The van der Waals surface area contributed by atoms with Crippen LogP contribution in [0.5, 0.6) is 0 Å². The Morgan fingerprint density at radius 3 is 2.75 bits per heavy atom. The molecule has 0 aliphatic carbocycles. The van der Waals surface area contributed by atoms with E-state index in [0.717, 1.165) is 0 Å². The van der Waals surface area contributed by atoms with Crippen LogP contribution in [0.3, 0.4) is 0 Å². The predicted molar refractivity (Wildman–Crippen MR) is 59.6 cm³/mol. The van der Waals surface area contributed by atoms with E-state index in [1.807, 2.05) is 6.92 Å². The highest BCUT2D eigenvalue weighted by Gasteiger charge is 2.09.